The smallest absolute Gasteiger partial charge is 0.405 e. The number of pyridine rings is 1. The van der Waals surface area contributed by atoms with Gasteiger partial charge >= 0.3 is 6.09 Å². The molecule has 2 aliphatic heterocycles. The second-order valence-electron chi connectivity index (χ2n) is 8.20. The van der Waals surface area contributed by atoms with Crippen LogP contribution in [0.4, 0.5) is 16.3 Å². The van der Waals surface area contributed by atoms with Crippen molar-refractivity contribution in [2.24, 2.45) is 0 Å². The monoisotopic (exact) mass is 408 g/mol. The zero-order valence-corrected chi connectivity index (χ0v) is 17.5. The zero-order valence-electron chi connectivity index (χ0n) is 17.5. The lowest BCUT2D eigenvalue weighted by Gasteiger charge is -2.39. The molecule has 0 saturated carbocycles. The van der Waals surface area contributed by atoms with Gasteiger partial charge in [0, 0.05) is 43.5 Å². The van der Waals surface area contributed by atoms with Crippen LogP contribution in [-0.2, 0) is 4.79 Å². The SMILES string of the molecule is CC(=O)N1c2ccc(-c3ccc(N4CCCCC4)nc3)cc2C(NC(=O)O)CC1C. The number of hydrogen-bond donors (Lipinski definition) is 2. The molecular weight excluding hydrogens is 380 g/mol. The van der Waals surface area contributed by atoms with Crippen molar-refractivity contribution in [1.82, 2.24) is 10.3 Å². The van der Waals surface area contributed by atoms with Crippen molar-refractivity contribution in [3.05, 3.63) is 42.1 Å². The van der Waals surface area contributed by atoms with E-state index in [2.05, 4.69) is 27.3 Å². The number of nitrogens with one attached hydrogen (secondary N) is 1. The van der Waals surface area contributed by atoms with Crippen LogP contribution in [0.2, 0.25) is 0 Å². The van der Waals surface area contributed by atoms with E-state index in [1.807, 2.05) is 31.3 Å². The molecule has 2 amide bonds. The van der Waals surface area contributed by atoms with E-state index in [0.29, 0.717) is 6.42 Å². The first kappa shape index (κ1) is 20.2. The van der Waals surface area contributed by atoms with Crippen molar-refractivity contribution in [3.8, 4) is 11.1 Å². The first-order chi connectivity index (χ1) is 14.4. The highest BCUT2D eigenvalue weighted by Gasteiger charge is 2.33. The number of piperidine rings is 1. The highest BCUT2D eigenvalue weighted by atomic mass is 16.4. The summed E-state index contributed by atoms with van der Waals surface area (Å²) >= 11 is 0. The van der Waals surface area contributed by atoms with Gasteiger partial charge in [-0.1, -0.05) is 6.07 Å². The Kier molecular flexibility index (Phi) is 5.61. The minimum Gasteiger partial charge on any atom is -0.465 e. The molecule has 4 rings (SSSR count). The molecule has 0 radical (unpaired) electrons. The van der Waals surface area contributed by atoms with Crippen LogP contribution in [0.25, 0.3) is 11.1 Å². The Morgan fingerprint density at radius 1 is 1.10 bits per heavy atom. The Balaban J connectivity index is 1.67. The van der Waals surface area contributed by atoms with E-state index in [4.69, 9.17) is 0 Å². The van der Waals surface area contributed by atoms with E-state index in [1.54, 1.807) is 11.8 Å². The van der Waals surface area contributed by atoms with Gasteiger partial charge in [-0.2, -0.15) is 0 Å². The summed E-state index contributed by atoms with van der Waals surface area (Å²) in [5.41, 5.74) is 3.52. The Hall–Kier alpha value is -3.09. The van der Waals surface area contributed by atoms with Crippen LogP contribution in [0, 0.1) is 0 Å². The van der Waals surface area contributed by atoms with E-state index in [-0.39, 0.29) is 18.0 Å². The maximum Gasteiger partial charge on any atom is 0.405 e. The fourth-order valence-electron chi connectivity index (χ4n) is 4.68. The summed E-state index contributed by atoms with van der Waals surface area (Å²) in [5.74, 6) is 0.955. The number of hydrogen-bond acceptors (Lipinski definition) is 4. The Morgan fingerprint density at radius 2 is 1.83 bits per heavy atom. The van der Waals surface area contributed by atoms with Gasteiger partial charge < -0.3 is 20.2 Å². The molecule has 1 saturated heterocycles. The summed E-state index contributed by atoms with van der Waals surface area (Å²) in [6.07, 6.45) is 5.04. The predicted molar refractivity (Wildman–Crippen MR) is 117 cm³/mol. The third-order valence-corrected chi connectivity index (χ3v) is 6.08. The predicted octanol–water partition coefficient (Wildman–Crippen LogP) is 4.19. The molecule has 158 valence electrons. The van der Waals surface area contributed by atoms with Crippen molar-refractivity contribution in [3.63, 3.8) is 0 Å². The Labute approximate surface area is 176 Å². The molecule has 0 bridgehead atoms. The molecule has 0 spiro atoms. The molecule has 1 fully saturated rings. The van der Waals surface area contributed by atoms with Crippen LogP contribution in [0.15, 0.2) is 36.5 Å². The van der Waals surface area contributed by atoms with Gasteiger partial charge in [0.05, 0.1) is 6.04 Å². The number of nitrogens with zero attached hydrogens (tertiary/aromatic N) is 3. The fraction of sp³-hybridized carbons (Fsp3) is 0.435. The lowest BCUT2D eigenvalue weighted by atomic mass is 9.89. The normalized spacial score (nSPS) is 21.1. The van der Waals surface area contributed by atoms with Crippen molar-refractivity contribution >= 4 is 23.5 Å². The quantitative estimate of drug-likeness (QED) is 0.795. The minimum absolute atomic E-state index is 0.0437. The molecule has 3 heterocycles. The van der Waals surface area contributed by atoms with Gasteiger partial charge in [0.25, 0.3) is 0 Å². The van der Waals surface area contributed by atoms with Gasteiger partial charge in [-0.25, -0.2) is 9.78 Å². The summed E-state index contributed by atoms with van der Waals surface area (Å²) in [6.45, 7) is 5.58. The molecule has 1 aromatic carbocycles. The Morgan fingerprint density at radius 3 is 2.47 bits per heavy atom. The average molecular weight is 409 g/mol. The largest absolute Gasteiger partial charge is 0.465 e. The standard InChI is InChI=1S/C23H28N4O3/c1-15-12-20(25-23(29)30)19-13-17(6-8-21(19)27(15)16(2)28)18-7-9-22(24-14-18)26-10-4-3-5-11-26/h6-9,13-15,20,25H,3-5,10-12H2,1-2H3,(H,29,30). The van der Waals surface area contributed by atoms with Crippen molar-refractivity contribution < 1.29 is 14.7 Å². The van der Waals surface area contributed by atoms with E-state index in [1.165, 1.54) is 19.3 Å². The first-order valence-electron chi connectivity index (χ1n) is 10.6. The number of carbonyl (C=O) groups is 2. The van der Waals surface area contributed by atoms with Crippen LogP contribution in [0.1, 0.15) is 51.1 Å². The third-order valence-electron chi connectivity index (χ3n) is 6.08. The summed E-state index contributed by atoms with van der Waals surface area (Å²) in [5, 5.41) is 11.9. The summed E-state index contributed by atoms with van der Waals surface area (Å²) in [4.78, 5) is 32.3. The molecular formula is C23H28N4O3. The van der Waals surface area contributed by atoms with E-state index in [9.17, 15) is 14.7 Å². The van der Waals surface area contributed by atoms with E-state index >= 15 is 0 Å². The molecule has 0 aliphatic carbocycles. The highest BCUT2D eigenvalue weighted by molar-refractivity contribution is 5.94. The molecule has 1 aromatic heterocycles. The lowest BCUT2D eigenvalue weighted by Crippen LogP contribution is -2.45. The first-order valence-corrected chi connectivity index (χ1v) is 10.6. The van der Waals surface area contributed by atoms with Crippen LogP contribution in [-0.4, -0.2) is 41.2 Å². The topological polar surface area (TPSA) is 85.8 Å². The number of rotatable bonds is 3. The summed E-state index contributed by atoms with van der Waals surface area (Å²) in [7, 11) is 0. The molecule has 2 aromatic rings. The summed E-state index contributed by atoms with van der Waals surface area (Å²) in [6, 6.07) is 9.55. The van der Waals surface area contributed by atoms with E-state index in [0.717, 1.165) is 41.3 Å². The Bertz CT molecular complexity index is 938. The van der Waals surface area contributed by atoms with Gasteiger partial charge in [0.1, 0.15) is 5.82 Å². The van der Waals surface area contributed by atoms with Crippen molar-refractivity contribution in [2.45, 2.75) is 51.6 Å². The minimum atomic E-state index is -1.06. The molecule has 2 N–H and O–H groups in total. The van der Waals surface area contributed by atoms with Crippen LogP contribution < -0.4 is 15.1 Å². The second-order valence-corrected chi connectivity index (χ2v) is 8.20. The van der Waals surface area contributed by atoms with E-state index < -0.39 is 6.09 Å². The molecule has 30 heavy (non-hydrogen) atoms. The number of amides is 2. The van der Waals surface area contributed by atoms with Gasteiger partial charge in [-0.05, 0) is 68.0 Å². The lowest BCUT2D eigenvalue weighted by molar-refractivity contribution is -0.117. The highest BCUT2D eigenvalue weighted by Crippen LogP contribution is 2.39. The molecule has 2 unspecified atom stereocenters. The zero-order chi connectivity index (χ0) is 21.3. The number of benzene rings is 1. The van der Waals surface area contributed by atoms with Crippen molar-refractivity contribution in [1.29, 1.82) is 0 Å². The van der Waals surface area contributed by atoms with Gasteiger partial charge in [-0.15, -0.1) is 0 Å². The van der Waals surface area contributed by atoms with Crippen LogP contribution in [0.3, 0.4) is 0 Å². The second kappa shape index (κ2) is 8.34. The molecule has 2 aliphatic rings. The molecule has 7 nitrogen and oxygen atoms in total. The van der Waals surface area contributed by atoms with Crippen molar-refractivity contribution in [2.75, 3.05) is 22.9 Å². The maximum atomic E-state index is 12.2. The van der Waals surface area contributed by atoms with Crippen LogP contribution >= 0.6 is 0 Å². The number of carboxylic acid groups (broad SMARTS) is 1. The number of carbonyl (C=O) groups excluding carboxylic acids is 1. The molecule has 7 heteroatoms. The average Bonchev–Trinajstić information content (AvgIpc) is 2.73. The van der Waals surface area contributed by atoms with Gasteiger partial charge in [0.15, 0.2) is 0 Å². The number of fused-ring (bicyclic) bond motifs is 1. The summed E-state index contributed by atoms with van der Waals surface area (Å²) < 4.78 is 0. The maximum absolute atomic E-state index is 12.2. The van der Waals surface area contributed by atoms with Gasteiger partial charge in [-0.3, -0.25) is 4.79 Å². The number of anilines is 2. The third kappa shape index (κ3) is 3.97. The molecule has 2 atom stereocenters. The van der Waals surface area contributed by atoms with Gasteiger partial charge in [0.2, 0.25) is 5.91 Å². The fourth-order valence-corrected chi connectivity index (χ4v) is 4.68. The van der Waals surface area contributed by atoms with Crippen LogP contribution in [0.5, 0.6) is 0 Å². The number of aromatic nitrogens is 1.